The van der Waals surface area contributed by atoms with E-state index in [1.165, 1.54) is 5.56 Å². The van der Waals surface area contributed by atoms with E-state index in [1.807, 2.05) is 25.1 Å². The van der Waals surface area contributed by atoms with Crippen LogP contribution in [0.3, 0.4) is 0 Å². The lowest BCUT2D eigenvalue weighted by Gasteiger charge is -2.45. The number of carbonyl (C=O) groups excluding carboxylic acids is 2. The van der Waals surface area contributed by atoms with Gasteiger partial charge in [0.1, 0.15) is 0 Å². The molecule has 0 saturated heterocycles. The summed E-state index contributed by atoms with van der Waals surface area (Å²) in [5.41, 5.74) is 2.92. The second-order valence-corrected chi connectivity index (χ2v) is 6.49. The van der Waals surface area contributed by atoms with Gasteiger partial charge in [-0.3, -0.25) is 4.79 Å². The number of ether oxygens (including phenoxy) is 1. The third-order valence-electron chi connectivity index (χ3n) is 5.34. The molecule has 3 nitrogen and oxygen atoms in total. The van der Waals surface area contributed by atoms with E-state index in [0.717, 1.165) is 30.4 Å². The lowest BCUT2D eigenvalue weighted by molar-refractivity contribution is -0.164. The smallest absolute Gasteiger partial charge is 0.346 e. The zero-order valence-corrected chi connectivity index (χ0v) is 11.7. The monoisotopic (exact) mass is 268 g/mol. The van der Waals surface area contributed by atoms with Crippen LogP contribution in [0.5, 0.6) is 0 Å². The summed E-state index contributed by atoms with van der Waals surface area (Å²) < 4.78 is 5.06. The molecule has 3 aliphatic rings. The SMILES string of the molecule is CC12CCCC3(C)C1=C(C(=O)OC2=O)c1ccccc13. The molecule has 3 heteroatoms. The lowest BCUT2D eigenvalue weighted by atomic mass is 9.58. The van der Waals surface area contributed by atoms with Gasteiger partial charge in [-0.05, 0) is 36.5 Å². The molecule has 20 heavy (non-hydrogen) atoms. The topological polar surface area (TPSA) is 43.4 Å². The maximum atomic E-state index is 12.3. The van der Waals surface area contributed by atoms with Gasteiger partial charge in [0.2, 0.25) is 0 Å². The van der Waals surface area contributed by atoms with Crippen molar-refractivity contribution in [1.29, 1.82) is 0 Å². The summed E-state index contributed by atoms with van der Waals surface area (Å²) in [5.74, 6) is -0.847. The van der Waals surface area contributed by atoms with Gasteiger partial charge in [-0.2, -0.15) is 0 Å². The number of rotatable bonds is 0. The van der Waals surface area contributed by atoms with Crippen LogP contribution in [0.4, 0.5) is 0 Å². The Morgan fingerprint density at radius 3 is 2.55 bits per heavy atom. The van der Waals surface area contributed by atoms with Crippen molar-refractivity contribution in [3.63, 3.8) is 0 Å². The van der Waals surface area contributed by atoms with Gasteiger partial charge in [-0.25, -0.2) is 4.79 Å². The van der Waals surface area contributed by atoms with Gasteiger partial charge >= 0.3 is 11.9 Å². The van der Waals surface area contributed by atoms with Gasteiger partial charge < -0.3 is 4.74 Å². The predicted octanol–water partition coefficient (Wildman–Crippen LogP) is 2.99. The zero-order chi connectivity index (χ0) is 14.1. The third kappa shape index (κ3) is 1.13. The molecular formula is C17H16O3. The molecule has 0 amide bonds. The van der Waals surface area contributed by atoms with Gasteiger partial charge in [0.05, 0.1) is 11.0 Å². The normalized spacial score (nSPS) is 34.7. The van der Waals surface area contributed by atoms with E-state index in [-0.39, 0.29) is 11.4 Å². The summed E-state index contributed by atoms with van der Waals surface area (Å²) in [6.07, 6.45) is 2.72. The highest BCUT2D eigenvalue weighted by Crippen LogP contribution is 2.61. The fourth-order valence-corrected chi connectivity index (χ4v) is 4.46. The standard InChI is InChI=1S/C17H16O3/c1-16-8-5-9-17(2)13(16)12(14(18)20-15(17)19)10-6-3-4-7-11(10)16/h3-4,6-7H,5,8-9H2,1-2H3. The molecule has 2 aliphatic carbocycles. The molecule has 1 aromatic rings. The summed E-state index contributed by atoms with van der Waals surface area (Å²) in [7, 11) is 0. The fourth-order valence-electron chi connectivity index (χ4n) is 4.46. The van der Waals surface area contributed by atoms with Crippen molar-refractivity contribution in [2.75, 3.05) is 0 Å². The molecule has 2 unspecified atom stereocenters. The Kier molecular flexibility index (Phi) is 2.02. The highest BCUT2D eigenvalue weighted by Gasteiger charge is 2.59. The van der Waals surface area contributed by atoms with Crippen molar-refractivity contribution in [1.82, 2.24) is 0 Å². The van der Waals surface area contributed by atoms with E-state index >= 15 is 0 Å². The number of hydrogen-bond acceptors (Lipinski definition) is 3. The minimum atomic E-state index is -0.644. The van der Waals surface area contributed by atoms with E-state index in [4.69, 9.17) is 4.74 Å². The first-order valence-corrected chi connectivity index (χ1v) is 7.10. The third-order valence-corrected chi connectivity index (χ3v) is 5.34. The summed E-state index contributed by atoms with van der Waals surface area (Å²) in [6, 6.07) is 7.99. The maximum absolute atomic E-state index is 12.3. The molecule has 0 bridgehead atoms. The van der Waals surface area contributed by atoms with Crippen LogP contribution in [-0.4, -0.2) is 11.9 Å². The van der Waals surface area contributed by atoms with Crippen molar-refractivity contribution in [2.24, 2.45) is 5.41 Å². The van der Waals surface area contributed by atoms with E-state index in [2.05, 4.69) is 13.0 Å². The Labute approximate surface area is 117 Å². The molecule has 1 fully saturated rings. The molecule has 2 atom stereocenters. The highest BCUT2D eigenvalue weighted by atomic mass is 16.6. The molecule has 0 N–H and O–H groups in total. The Hall–Kier alpha value is -1.90. The zero-order valence-electron chi connectivity index (χ0n) is 11.7. The molecule has 102 valence electrons. The van der Waals surface area contributed by atoms with Crippen molar-refractivity contribution in [3.05, 3.63) is 41.0 Å². The van der Waals surface area contributed by atoms with Crippen LogP contribution in [0.15, 0.2) is 29.8 Å². The van der Waals surface area contributed by atoms with Gasteiger partial charge in [0.25, 0.3) is 0 Å². The van der Waals surface area contributed by atoms with E-state index in [1.54, 1.807) is 0 Å². The first-order valence-electron chi connectivity index (χ1n) is 7.10. The molecule has 0 spiro atoms. The van der Waals surface area contributed by atoms with Crippen molar-refractivity contribution in [2.45, 2.75) is 38.5 Å². The second-order valence-electron chi connectivity index (χ2n) is 6.49. The van der Waals surface area contributed by atoms with Crippen LogP contribution >= 0.6 is 0 Å². The lowest BCUT2D eigenvalue weighted by Crippen LogP contribution is -2.46. The first kappa shape index (κ1) is 11.9. The van der Waals surface area contributed by atoms with Crippen LogP contribution in [-0.2, 0) is 19.7 Å². The van der Waals surface area contributed by atoms with E-state index < -0.39 is 11.4 Å². The Morgan fingerprint density at radius 2 is 1.75 bits per heavy atom. The number of benzene rings is 1. The number of cyclic esters (lactones) is 2. The average Bonchev–Trinajstić information content (AvgIpc) is 2.69. The van der Waals surface area contributed by atoms with Gasteiger partial charge in [0.15, 0.2) is 0 Å². The van der Waals surface area contributed by atoms with Gasteiger partial charge in [0, 0.05) is 5.41 Å². The molecule has 0 aromatic heterocycles. The quantitative estimate of drug-likeness (QED) is 0.536. The van der Waals surface area contributed by atoms with Crippen LogP contribution in [0.25, 0.3) is 5.57 Å². The first-order chi connectivity index (χ1) is 9.48. The van der Waals surface area contributed by atoms with E-state index in [0.29, 0.717) is 5.57 Å². The molecular weight excluding hydrogens is 252 g/mol. The van der Waals surface area contributed by atoms with Crippen LogP contribution in [0.1, 0.15) is 44.2 Å². The van der Waals surface area contributed by atoms with Gasteiger partial charge in [-0.15, -0.1) is 0 Å². The van der Waals surface area contributed by atoms with Crippen LogP contribution in [0.2, 0.25) is 0 Å². The average molecular weight is 268 g/mol. The van der Waals surface area contributed by atoms with E-state index in [9.17, 15) is 9.59 Å². The molecule has 1 saturated carbocycles. The van der Waals surface area contributed by atoms with Crippen LogP contribution in [0, 0.1) is 5.41 Å². The van der Waals surface area contributed by atoms with Gasteiger partial charge in [-0.1, -0.05) is 37.6 Å². The van der Waals surface area contributed by atoms with Crippen LogP contribution < -0.4 is 0 Å². The van der Waals surface area contributed by atoms with Crippen molar-refractivity contribution >= 4 is 17.5 Å². The molecule has 1 heterocycles. The minimum absolute atomic E-state index is 0.200. The molecule has 1 aliphatic heterocycles. The number of hydrogen-bond donors (Lipinski definition) is 0. The number of carbonyl (C=O) groups is 2. The Balaban J connectivity index is 2.11. The summed E-state index contributed by atoms with van der Waals surface area (Å²) in [5, 5.41) is 0. The highest BCUT2D eigenvalue weighted by molar-refractivity contribution is 6.26. The molecule has 1 aromatic carbocycles. The minimum Gasteiger partial charge on any atom is -0.389 e. The number of esters is 2. The maximum Gasteiger partial charge on any atom is 0.346 e. The molecule has 4 rings (SSSR count). The largest absolute Gasteiger partial charge is 0.389 e. The Bertz CT molecular complexity index is 700. The second kappa shape index (κ2) is 3.40. The summed E-state index contributed by atoms with van der Waals surface area (Å²) in [6.45, 7) is 4.10. The predicted molar refractivity (Wildman–Crippen MR) is 73.8 cm³/mol. The van der Waals surface area contributed by atoms with Crippen molar-refractivity contribution in [3.8, 4) is 0 Å². The fraction of sp³-hybridized carbons (Fsp3) is 0.412. The number of fused-ring (bicyclic) bond motifs is 3. The Morgan fingerprint density at radius 1 is 1.05 bits per heavy atom. The summed E-state index contributed by atoms with van der Waals surface area (Å²) >= 11 is 0. The van der Waals surface area contributed by atoms with Crippen molar-refractivity contribution < 1.29 is 14.3 Å². The molecule has 0 radical (unpaired) electrons. The summed E-state index contributed by atoms with van der Waals surface area (Å²) in [4.78, 5) is 24.6.